The van der Waals surface area contributed by atoms with Gasteiger partial charge in [0.2, 0.25) is 0 Å². The summed E-state index contributed by atoms with van der Waals surface area (Å²) in [5, 5.41) is 18.1. The van der Waals surface area contributed by atoms with Crippen LogP contribution in [0, 0.1) is 23.3 Å². The van der Waals surface area contributed by atoms with Gasteiger partial charge in [-0.05, 0) is 30.9 Å². The van der Waals surface area contributed by atoms with Gasteiger partial charge in [-0.25, -0.2) is 17.6 Å². The molecule has 111 valence electrons. The van der Waals surface area contributed by atoms with Crippen LogP contribution in [0.25, 0.3) is 0 Å². The monoisotopic (exact) mass is 309 g/mol. The van der Waals surface area contributed by atoms with Crippen molar-refractivity contribution in [2.24, 2.45) is 0 Å². The minimum absolute atomic E-state index is 0.0124. The molecule has 0 unspecified atom stereocenters. The summed E-state index contributed by atoms with van der Waals surface area (Å²) in [6.45, 7) is 0. The van der Waals surface area contributed by atoms with Gasteiger partial charge in [0.1, 0.15) is 0 Å². The van der Waals surface area contributed by atoms with E-state index < -0.39 is 29.2 Å². The Morgan fingerprint density at radius 3 is 2.25 bits per heavy atom. The van der Waals surface area contributed by atoms with E-state index in [0.717, 1.165) is 0 Å². The van der Waals surface area contributed by atoms with Crippen molar-refractivity contribution in [3.63, 3.8) is 0 Å². The Kier molecular flexibility index (Phi) is 6.12. The molecule has 0 amide bonds. The minimum atomic E-state index is -2.30. The topological polar surface area (TPSA) is 49.7 Å². The highest BCUT2D eigenvalue weighted by atomic mass is 28.2. The lowest BCUT2D eigenvalue weighted by molar-refractivity contribution is -0.295. The molecule has 0 heterocycles. The van der Waals surface area contributed by atoms with Gasteiger partial charge in [0.15, 0.2) is 23.3 Å². The lowest BCUT2D eigenvalue weighted by Crippen LogP contribution is -2.30. The number of aryl methyl sites for hydroxylation is 1. The number of benzene rings is 1. The van der Waals surface area contributed by atoms with Crippen molar-refractivity contribution < 1.29 is 32.2 Å². The first-order valence-corrected chi connectivity index (χ1v) is 6.30. The number of halogens is 4. The fourth-order valence-corrected chi connectivity index (χ4v) is 1.80. The molecule has 2 N–H and O–H groups in total. The van der Waals surface area contributed by atoms with Gasteiger partial charge in [-0.3, -0.25) is 0 Å². The maximum Gasteiger partial charge on any atom is 0.267 e. The first kappa shape index (κ1) is 17.1. The number of aliphatic hydroxyl groups is 2. The molecular weight excluding hydrogens is 296 g/mol. The highest BCUT2D eigenvalue weighted by Gasteiger charge is 2.21. The Hall–Kier alpha value is -0.963. The Balaban J connectivity index is 2.47. The highest BCUT2D eigenvalue weighted by Crippen LogP contribution is 2.21. The van der Waals surface area contributed by atoms with Gasteiger partial charge >= 0.3 is 0 Å². The molecule has 8 heteroatoms. The molecule has 3 nitrogen and oxygen atoms in total. The van der Waals surface area contributed by atoms with Gasteiger partial charge in [0.25, 0.3) is 16.5 Å². The van der Waals surface area contributed by atoms with Crippen molar-refractivity contribution >= 4 is 10.5 Å². The average molecular weight is 309 g/mol. The zero-order valence-electron chi connectivity index (χ0n) is 10.4. The summed E-state index contributed by atoms with van der Waals surface area (Å²) in [6.07, 6.45) is 1.05. The van der Waals surface area contributed by atoms with Crippen LogP contribution >= 0.6 is 0 Å². The minimum Gasteiger partial charge on any atom is -0.371 e. The third kappa shape index (κ3) is 4.55. The van der Waals surface area contributed by atoms with Crippen LogP contribution in [0.1, 0.15) is 31.2 Å². The van der Waals surface area contributed by atoms with Crippen molar-refractivity contribution in [1.82, 2.24) is 0 Å². The summed E-state index contributed by atoms with van der Waals surface area (Å²) >= 11 is 0. The predicted octanol–water partition coefficient (Wildman–Crippen LogP) is 2.08. The highest BCUT2D eigenvalue weighted by molar-refractivity contribution is 5.98. The molecule has 0 fully saturated rings. The van der Waals surface area contributed by atoms with E-state index in [2.05, 4.69) is 14.9 Å². The molecule has 0 atom stereocenters. The maximum atomic E-state index is 13.3. The number of rotatable bonds is 7. The van der Waals surface area contributed by atoms with E-state index >= 15 is 0 Å². The molecule has 1 rings (SSSR count). The summed E-state index contributed by atoms with van der Waals surface area (Å²) in [4.78, 5) is 0. The van der Waals surface area contributed by atoms with Crippen molar-refractivity contribution in [2.75, 3.05) is 0 Å². The van der Waals surface area contributed by atoms with Crippen molar-refractivity contribution in [3.05, 3.63) is 34.9 Å². The fourth-order valence-electron chi connectivity index (χ4n) is 1.70. The Bertz CT molecular complexity index is 469. The van der Waals surface area contributed by atoms with Crippen LogP contribution in [-0.4, -0.2) is 26.7 Å². The quantitative estimate of drug-likeness (QED) is 0.202. The molecule has 0 aliphatic heterocycles. The van der Waals surface area contributed by atoms with E-state index in [1.54, 1.807) is 0 Å². The largest absolute Gasteiger partial charge is 0.371 e. The second-order valence-electron chi connectivity index (χ2n) is 4.37. The zero-order chi connectivity index (χ0) is 15.3. The van der Waals surface area contributed by atoms with Crippen molar-refractivity contribution in [2.45, 2.75) is 38.1 Å². The summed E-state index contributed by atoms with van der Waals surface area (Å²) in [6, 6.07) is 0.622. The summed E-state index contributed by atoms with van der Waals surface area (Å²) in [7, 11) is 2.49. The SMILES string of the molecule is OC(O)(CCCCCc1cc(F)c(F)c(F)c1F)O[Si]. The molecule has 0 aliphatic rings. The smallest absolute Gasteiger partial charge is 0.267 e. The Morgan fingerprint density at radius 1 is 1.00 bits per heavy atom. The lowest BCUT2D eigenvalue weighted by Gasteiger charge is -2.19. The Labute approximate surface area is 116 Å². The molecule has 0 saturated carbocycles. The van der Waals surface area contributed by atoms with Crippen LogP contribution < -0.4 is 0 Å². The maximum absolute atomic E-state index is 13.3. The molecule has 0 bridgehead atoms. The van der Waals surface area contributed by atoms with E-state index in [1.807, 2.05) is 0 Å². The van der Waals surface area contributed by atoms with E-state index in [9.17, 15) is 17.6 Å². The summed E-state index contributed by atoms with van der Waals surface area (Å²) < 4.78 is 56.1. The van der Waals surface area contributed by atoms with Crippen LogP contribution in [0.2, 0.25) is 0 Å². The second kappa shape index (κ2) is 7.16. The third-order valence-electron chi connectivity index (χ3n) is 2.79. The van der Waals surface area contributed by atoms with E-state index in [0.29, 0.717) is 25.3 Å². The van der Waals surface area contributed by atoms with Crippen molar-refractivity contribution in [1.29, 1.82) is 0 Å². The molecule has 0 saturated heterocycles. The molecular formula is C12H13F4O3Si. The predicted molar refractivity (Wildman–Crippen MR) is 62.5 cm³/mol. The van der Waals surface area contributed by atoms with Gasteiger partial charge < -0.3 is 14.6 Å². The second-order valence-corrected chi connectivity index (χ2v) is 4.57. The van der Waals surface area contributed by atoms with E-state index in [-0.39, 0.29) is 18.4 Å². The number of unbranched alkanes of at least 4 members (excludes halogenated alkanes) is 2. The van der Waals surface area contributed by atoms with Gasteiger partial charge in [-0.15, -0.1) is 0 Å². The van der Waals surface area contributed by atoms with Crippen LogP contribution in [0.3, 0.4) is 0 Å². The van der Waals surface area contributed by atoms with Crippen molar-refractivity contribution in [3.8, 4) is 0 Å². The fraction of sp³-hybridized carbons (Fsp3) is 0.500. The zero-order valence-corrected chi connectivity index (χ0v) is 11.4. The average Bonchev–Trinajstić information content (AvgIpc) is 2.41. The van der Waals surface area contributed by atoms with Gasteiger partial charge in [0.05, 0.1) is 0 Å². The molecule has 1 aromatic carbocycles. The van der Waals surface area contributed by atoms with Gasteiger partial charge in [0, 0.05) is 6.42 Å². The molecule has 3 radical (unpaired) electrons. The number of hydrogen-bond acceptors (Lipinski definition) is 3. The van der Waals surface area contributed by atoms with E-state index in [4.69, 9.17) is 10.2 Å². The molecule has 20 heavy (non-hydrogen) atoms. The van der Waals surface area contributed by atoms with Gasteiger partial charge in [-0.1, -0.05) is 6.42 Å². The number of hydrogen-bond donors (Lipinski definition) is 2. The Morgan fingerprint density at radius 2 is 1.65 bits per heavy atom. The molecule has 0 aliphatic carbocycles. The lowest BCUT2D eigenvalue weighted by atomic mass is 10.0. The summed E-state index contributed by atoms with van der Waals surface area (Å²) in [5.41, 5.74) is -0.253. The summed E-state index contributed by atoms with van der Waals surface area (Å²) in [5.74, 6) is -8.78. The van der Waals surface area contributed by atoms with Crippen LogP contribution in [0.15, 0.2) is 6.07 Å². The molecule has 0 aromatic heterocycles. The first-order valence-electron chi connectivity index (χ1n) is 5.90. The molecule has 1 aromatic rings. The first-order chi connectivity index (χ1) is 9.28. The van der Waals surface area contributed by atoms with Crippen LogP contribution in [0.4, 0.5) is 17.6 Å². The van der Waals surface area contributed by atoms with Crippen LogP contribution in [0.5, 0.6) is 0 Å². The normalized spacial score (nSPS) is 11.9. The van der Waals surface area contributed by atoms with Gasteiger partial charge in [-0.2, -0.15) is 0 Å². The third-order valence-corrected chi connectivity index (χ3v) is 3.12. The standard InChI is InChI=1S/C12H13F4O3Si/c13-8-6-7(9(14)11(16)10(8)15)4-2-1-3-5-12(17,18)19-20/h6,17-18H,1-5H2. The van der Waals surface area contributed by atoms with Crippen LogP contribution in [-0.2, 0) is 10.8 Å². The van der Waals surface area contributed by atoms with E-state index in [1.165, 1.54) is 0 Å². The molecule has 0 spiro atoms.